The molecule has 0 aliphatic rings. The summed E-state index contributed by atoms with van der Waals surface area (Å²) in [6, 6.07) is -0.604. The number of hydrogen-bond donors (Lipinski definition) is 1. The Morgan fingerprint density at radius 1 is 1.26 bits per heavy atom. The van der Waals surface area contributed by atoms with Crippen LogP contribution in [0.25, 0.3) is 0 Å². The highest BCUT2D eigenvalue weighted by atomic mass is 16.6. The first-order valence-corrected chi connectivity index (χ1v) is 6.75. The van der Waals surface area contributed by atoms with E-state index in [-0.39, 0.29) is 17.8 Å². The van der Waals surface area contributed by atoms with Crippen LogP contribution >= 0.6 is 0 Å². The molecule has 2 atom stereocenters. The van der Waals surface area contributed by atoms with Gasteiger partial charge in [0.15, 0.2) is 0 Å². The summed E-state index contributed by atoms with van der Waals surface area (Å²) in [5.41, 5.74) is 0.342. The first-order valence-electron chi connectivity index (χ1n) is 6.75. The second-order valence-electron chi connectivity index (χ2n) is 6.13. The molecule has 0 saturated carbocycles. The van der Waals surface area contributed by atoms with Crippen LogP contribution in [0.4, 0.5) is 0 Å². The van der Waals surface area contributed by atoms with Crippen LogP contribution in [-0.4, -0.2) is 23.5 Å². The minimum absolute atomic E-state index is 0.0318. The molecule has 0 aromatic carbocycles. The Hall–Kier alpha value is -1.32. The molecule has 4 heteroatoms. The fourth-order valence-electron chi connectivity index (χ4n) is 1.49. The number of carbonyl (C=O) groups is 2. The zero-order chi connectivity index (χ0) is 15.2. The molecular weight excluding hydrogens is 242 g/mol. The second kappa shape index (κ2) is 7.31. The summed E-state index contributed by atoms with van der Waals surface area (Å²) in [4.78, 5) is 23.9. The minimum atomic E-state index is -0.604. The Morgan fingerprint density at radius 2 is 1.79 bits per heavy atom. The smallest absolute Gasteiger partial charge is 0.329 e. The number of hydrogen-bond acceptors (Lipinski definition) is 3. The molecule has 0 unspecified atom stereocenters. The average molecular weight is 269 g/mol. The van der Waals surface area contributed by atoms with Crippen molar-refractivity contribution < 1.29 is 14.3 Å². The summed E-state index contributed by atoms with van der Waals surface area (Å²) in [6.07, 6.45) is 2.28. The quantitative estimate of drug-likeness (QED) is 0.617. The minimum Gasteiger partial charge on any atom is -0.458 e. The molecule has 0 aromatic heterocycles. The van der Waals surface area contributed by atoms with Crippen molar-refractivity contribution >= 4 is 11.9 Å². The lowest BCUT2D eigenvalue weighted by atomic mass is 9.98. The van der Waals surface area contributed by atoms with Crippen molar-refractivity contribution in [2.75, 3.05) is 0 Å². The highest BCUT2D eigenvalue weighted by Gasteiger charge is 2.29. The predicted molar refractivity (Wildman–Crippen MR) is 76.7 cm³/mol. The van der Waals surface area contributed by atoms with Gasteiger partial charge < -0.3 is 10.1 Å². The lowest BCUT2D eigenvalue weighted by molar-refractivity contribution is -0.159. The van der Waals surface area contributed by atoms with Crippen LogP contribution in [0.2, 0.25) is 0 Å². The summed E-state index contributed by atoms with van der Waals surface area (Å²) in [5, 5.41) is 2.73. The molecule has 4 nitrogen and oxygen atoms in total. The SMILES string of the molecule is CC[C@H](C)[C@H](NC(=O)C=C(C)C)C(=O)OC(C)(C)C. The average Bonchev–Trinajstić information content (AvgIpc) is 2.21. The van der Waals surface area contributed by atoms with Crippen LogP contribution < -0.4 is 5.32 Å². The van der Waals surface area contributed by atoms with Crippen LogP contribution in [0, 0.1) is 5.92 Å². The molecule has 0 fully saturated rings. The largest absolute Gasteiger partial charge is 0.458 e. The number of amides is 1. The highest BCUT2D eigenvalue weighted by Crippen LogP contribution is 2.14. The maximum atomic E-state index is 12.1. The van der Waals surface area contributed by atoms with Gasteiger partial charge in [0.05, 0.1) is 0 Å². The lowest BCUT2D eigenvalue weighted by Crippen LogP contribution is -2.47. The van der Waals surface area contributed by atoms with E-state index < -0.39 is 11.6 Å². The van der Waals surface area contributed by atoms with Gasteiger partial charge >= 0.3 is 5.97 Å². The van der Waals surface area contributed by atoms with Crippen molar-refractivity contribution in [1.82, 2.24) is 5.32 Å². The van der Waals surface area contributed by atoms with Crippen molar-refractivity contribution in [3.8, 4) is 0 Å². The molecule has 0 radical (unpaired) electrons. The fourth-order valence-corrected chi connectivity index (χ4v) is 1.49. The van der Waals surface area contributed by atoms with Gasteiger partial charge in [0.25, 0.3) is 0 Å². The summed E-state index contributed by atoms with van der Waals surface area (Å²) >= 11 is 0. The Morgan fingerprint density at radius 3 is 2.16 bits per heavy atom. The molecule has 0 bridgehead atoms. The molecule has 1 amide bonds. The van der Waals surface area contributed by atoms with E-state index in [1.807, 2.05) is 48.5 Å². The molecule has 0 aliphatic carbocycles. The number of esters is 1. The standard InChI is InChI=1S/C15H27NO3/c1-8-11(4)13(14(18)19-15(5,6)7)16-12(17)9-10(2)3/h9,11,13H,8H2,1-7H3,(H,16,17)/t11-,13-/m0/s1. The first kappa shape index (κ1) is 17.7. The zero-order valence-corrected chi connectivity index (χ0v) is 13.2. The highest BCUT2D eigenvalue weighted by molar-refractivity contribution is 5.92. The summed E-state index contributed by atoms with van der Waals surface area (Å²) in [5.74, 6) is -0.599. The molecular formula is C15H27NO3. The molecule has 0 spiro atoms. The van der Waals surface area contributed by atoms with Crippen LogP contribution in [0.15, 0.2) is 11.6 Å². The van der Waals surface area contributed by atoms with Crippen molar-refractivity contribution in [3.05, 3.63) is 11.6 Å². The number of nitrogens with one attached hydrogen (secondary N) is 1. The van der Waals surface area contributed by atoms with Gasteiger partial charge in [0.1, 0.15) is 11.6 Å². The summed E-state index contributed by atoms with van der Waals surface area (Å²) in [7, 11) is 0. The van der Waals surface area contributed by atoms with E-state index in [9.17, 15) is 9.59 Å². The fraction of sp³-hybridized carbons (Fsp3) is 0.733. The maximum Gasteiger partial charge on any atom is 0.329 e. The van der Waals surface area contributed by atoms with E-state index in [1.54, 1.807) is 0 Å². The number of rotatable bonds is 5. The second-order valence-corrected chi connectivity index (χ2v) is 6.13. The van der Waals surface area contributed by atoms with Crippen molar-refractivity contribution in [2.24, 2.45) is 5.92 Å². The van der Waals surface area contributed by atoms with Gasteiger partial charge in [-0.15, -0.1) is 0 Å². The zero-order valence-electron chi connectivity index (χ0n) is 13.2. The number of ether oxygens (including phenoxy) is 1. The normalized spacial score (nSPS) is 14.3. The third-order valence-electron chi connectivity index (χ3n) is 2.59. The molecule has 1 N–H and O–H groups in total. The Bertz CT molecular complexity index is 349. The van der Waals surface area contributed by atoms with E-state index in [2.05, 4.69) is 5.32 Å². The molecule has 0 heterocycles. The van der Waals surface area contributed by atoms with Crippen LogP contribution in [0.3, 0.4) is 0 Å². The van der Waals surface area contributed by atoms with Gasteiger partial charge in [0, 0.05) is 6.08 Å². The molecule has 0 saturated heterocycles. The van der Waals surface area contributed by atoms with Gasteiger partial charge in [-0.3, -0.25) is 4.79 Å². The van der Waals surface area contributed by atoms with Crippen molar-refractivity contribution in [3.63, 3.8) is 0 Å². The van der Waals surface area contributed by atoms with Crippen LogP contribution in [-0.2, 0) is 14.3 Å². The topological polar surface area (TPSA) is 55.4 Å². The lowest BCUT2D eigenvalue weighted by Gasteiger charge is -2.27. The van der Waals surface area contributed by atoms with Crippen molar-refractivity contribution in [1.29, 1.82) is 0 Å². The number of carbonyl (C=O) groups excluding carboxylic acids is 2. The first-order chi connectivity index (χ1) is 8.56. The van der Waals surface area contributed by atoms with Crippen LogP contribution in [0.5, 0.6) is 0 Å². The van der Waals surface area contributed by atoms with E-state index in [0.717, 1.165) is 12.0 Å². The summed E-state index contributed by atoms with van der Waals surface area (Å²) in [6.45, 7) is 13.0. The predicted octanol–water partition coefficient (Wildman–Crippen LogP) is 2.83. The van der Waals surface area contributed by atoms with Gasteiger partial charge in [0.2, 0.25) is 5.91 Å². The van der Waals surface area contributed by atoms with Gasteiger partial charge in [-0.1, -0.05) is 25.8 Å². The number of allylic oxidation sites excluding steroid dienone is 1. The van der Waals surface area contributed by atoms with E-state index >= 15 is 0 Å². The van der Waals surface area contributed by atoms with Gasteiger partial charge in [-0.05, 0) is 40.5 Å². The third-order valence-corrected chi connectivity index (χ3v) is 2.59. The van der Waals surface area contributed by atoms with E-state index in [4.69, 9.17) is 4.74 Å². The monoisotopic (exact) mass is 269 g/mol. The third kappa shape index (κ3) is 7.65. The summed E-state index contributed by atoms with van der Waals surface area (Å²) < 4.78 is 5.35. The van der Waals surface area contributed by atoms with E-state index in [0.29, 0.717) is 0 Å². The van der Waals surface area contributed by atoms with Gasteiger partial charge in [-0.25, -0.2) is 4.79 Å². The molecule has 0 rings (SSSR count). The Kier molecular flexibility index (Phi) is 6.81. The molecule has 0 aromatic rings. The Balaban J connectivity index is 4.88. The van der Waals surface area contributed by atoms with Crippen molar-refractivity contribution in [2.45, 2.75) is 66.5 Å². The van der Waals surface area contributed by atoms with Crippen LogP contribution in [0.1, 0.15) is 54.9 Å². The molecule has 19 heavy (non-hydrogen) atoms. The van der Waals surface area contributed by atoms with E-state index in [1.165, 1.54) is 6.08 Å². The molecule has 110 valence electrons. The maximum absolute atomic E-state index is 12.1. The van der Waals surface area contributed by atoms with Gasteiger partial charge in [-0.2, -0.15) is 0 Å². The Labute approximate surface area is 116 Å². The molecule has 0 aliphatic heterocycles.